The molecule has 3 N–H and O–H groups in total. The van der Waals surface area contributed by atoms with Gasteiger partial charge < -0.3 is 15.8 Å². The summed E-state index contributed by atoms with van der Waals surface area (Å²) in [4.78, 5) is 16.2. The summed E-state index contributed by atoms with van der Waals surface area (Å²) in [5, 5.41) is 7.40. The maximum absolute atomic E-state index is 12.2. The van der Waals surface area contributed by atoms with E-state index >= 15 is 0 Å². The van der Waals surface area contributed by atoms with Crippen LogP contribution >= 0.6 is 0 Å². The van der Waals surface area contributed by atoms with Crippen molar-refractivity contribution in [1.29, 1.82) is 0 Å². The van der Waals surface area contributed by atoms with Gasteiger partial charge in [0.2, 0.25) is 5.88 Å². The summed E-state index contributed by atoms with van der Waals surface area (Å²) in [6, 6.07) is 15.0. The molecule has 7 heteroatoms. The van der Waals surface area contributed by atoms with Crippen molar-refractivity contribution in [2.75, 3.05) is 19.4 Å². The molecule has 134 valence electrons. The summed E-state index contributed by atoms with van der Waals surface area (Å²) in [6.07, 6.45) is 3.05. The molecule has 0 spiro atoms. The minimum absolute atomic E-state index is 0.204. The smallest absolute Gasteiger partial charge is 0.256 e. The summed E-state index contributed by atoms with van der Waals surface area (Å²) in [6.45, 7) is 0.523. The number of ether oxygens (including phenoxy) is 1. The number of anilines is 1. The van der Waals surface area contributed by atoms with Crippen LogP contribution in [0.5, 0.6) is 5.88 Å². The van der Waals surface area contributed by atoms with E-state index in [-0.39, 0.29) is 5.91 Å². The Morgan fingerprint density at radius 1 is 1.23 bits per heavy atom. The summed E-state index contributed by atoms with van der Waals surface area (Å²) >= 11 is 0. The largest absolute Gasteiger partial charge is 0.480 e. The topological polar surface area (TPSA) is 95.1 Å². The number of carbonyl (C=O) groups is 1. The number of nitrogens with zero attached hydrogens (tertiary/aromatic N) is 3. The summed E-state index contributed by atoms with van der Waals surface area (Å²) in [5.41, 5.74) is 8.28. The number of hydrogen-bond acceptors (Lipinski definition) is 5. The van der Waals surface area contributed by atoms with E-state index in [0.29, 0.717) is 30.2 Å². The number of aromatic nitrogens is 3. The Hall–Kier alpha value is -3.35. The third-order valence-corrected chi connectivity index (χ3v) is 3.89. The van der Waals surface area contributed by atoms with E-state index in [0.717, 1.165) is 17.8 Å². The standard InChI is InChI=1S/C19H21N5O2/c1-26-19-16(10-6-12-22-19)18(25)21-11-5-7-14-13-17(20)24(23-14)15-8-3-2-4-9-15/h2-4,6,8-10,12-13H,5,7,11,20H2,1H3,(H,21,25). The average molecular weight is 351 g/mol. The number of para-hydroxylation sites is 1. The first-order chi connectivity index (χ1) is 12.7. The predicted molar refractivity (Wildman–Crippen MR) is 99.4 cm³/mol. The molecule has 0 aliphatic rings. The molecule has 26 heavy (non-hydrogen) atoms. The van der Waals surface area contributed by atoms with Crippen LogP contribution in [0.25, 0.3) is 5.69 Å². The number of carbonyl (C=O) groups excluding carboxylic acids is 1. The zero-order valence-electron chi connectivity index (χ0n) is 14.6. The van der Waals surface area contributed by atoms with E-state index in [1.165, 1.54) is 7.11 Å². The molecule has 0 unspecified atom stereocenters. The van der Waals surface area contributed by atoms with Crippen molar-refractivity contribution in [3.8, 4) is 11.6 Å². The number of hydrogen-bond donors (Lipinski definition) is 2. The third kappa shape index (κ3) is 4.00. The minimum Gasteiger partial charge on any atom is -0.480 e. The normalized spacial score (nSPS) is 10.5. The Morgan fingerprint density at radius 3 is 2.81 bits per heavy atom. The second-order valence-corrected chi connectivity index (χ2v) is 5.73. The fraction of sp³-hybridized carbons (Fsp3) is 0.211. The number of methoxy groups -OCH3 is 1. The van der Waals surface area contributed by atoms with Crippen LogP contribution in [-0.4, -0.2) is 34.3 Å². The van der Waals surface area contributed by atoms with Crippen LogP contribution in [0.4, 0.5) is 5.82 Å². The Kier molecular flexibility index (Phi) is 5.48. The van der Waals surface area contributed by atoms with Crippen LogP contribution < -0.4 is 15.8 Å². The second-order valence-electron chi connectivity index (χ2n) is 5.73. The van der Waals surface area contributed by atoms with Gasteiger partial charge in [-0.15, -0.1) is 0 Å². The zero-order chi connectivity index (χ0) is 18.4. The number of aryl methyl sites for hydroxylation is 1. The van der Waals surface area contributed by atoms with E-state index in [1.54, 1.807) is 23.0 Å². The summed E-state index contributed by atoms with van der Waals surface area (Å²) in [5.74, 6) is 0.707. The van der Waals surface area contributed by atoms with Gasteiger partial charge in [-0.3, -0.25) is 4.79 Å². The van der Waals surface area contributed by atoms with Crippen molar-refractivity contribution < 1.29 is 9.53 Å². The number of pyridine rings is 1. The van der Waals surface area contributed by atoms with Gasteiger partial charge in [0.15, 0.2) is 0 Å². The highest BCUT2D eigenvalue weighted by atomic mass is 16.5. The van der Waals surface area contributed by atoms with Crippen LogP contribution in [-0.2, 0) is 6.42 Å². The molecule has 3 rings (SSSR count). The molecule has 0 saturated heterocycles. The van der Waals surface area contributed by atoms with E-state index in [1.807, 2.05) is 36.4 Å². The first kappa shape index (κ1) is 17.5. The van der Waals surface area contributed by atoms with Gasteiger partial charge in [0, 0.05) is 18.8 Å². The SMILES string of the molecule is COc1ncccc1C(=O)NCCCc1cc(N)n(-c2ccccc2)n1. The molecule has 0 saturated carbocycles. The maximum atomic E-state index is 12.2. The number of nitrogens with one attached hydrogen (secondary N) is 1. The highest BCUT2D eigenvalue weighted by Gasteiger charge is 2.12. The lowest BCUT2D eigenvalue weighted by Gasteiger charge is -2.07. The summed E-state index contributed by atoms with van der Waals surface area (Å²) < 4.78 is 6.82. The van der Waals surface area contributed by atoms with E-state index in [9.17, 15) is 4.79 Å². The monoisotopic (exact) mass is 351 g/mol. The molecule has 0 radical (unpaired) electrons. The van der Waals surface area contributed by atoms with Crippen molar-refractivity contribution in [2.45, 2.75) is 12.8 Å². The first-order valence-corrected chi connectivity index (χ1v) is 8.36. The lowest BCUT2D eigenvalue weighted by molar-refractivity contribution is 0.0949. The molecule has 2 heterocycles. The van der Waals surface area contributed by atoms with Crippen molar-refractivity contribution >= 4 is 11.7 Å². The lowest BCUT2D eigenvalue weighted by Crippen LogP contribution is -2.25. The van der Waals surface area contributed by atoms with Crippen molar-refractivity contribution in [3.63, 3.8) is 0 Å². The molecule has 1 aromatic carbocycles. The van der Waals surface area contributed by atoms with Gasteiger partial charge in [-0.05, 0) is 37.1 Å². The van der Waals surface area contributed by atoms with Crippen molar-refractivity contribution in [2.24, 2.45) is 0 Å². The van der Waals surface area contributed by atoms with E-state index in [4.69, 9.17) is 10.5 Å². The molecule has 0 atom stereocenters. The Morgan fingerprint density at radius 2 is 2.04 bits per heavy atom. The van der Waals surface area contributed by atoms with E-state index < -0.39 is 0 Å². The van der Waals surface area contributed by atoms with Crippen LogP contribution in [0.1, 0.15) is 22.5 Å². The number of nitrogens with two attached hydrogens (primary N) is 1. The quantitative estimate of drug-likeness (QED) is 0.637. The van der Waals surface area contributed by atoms with Crippen LogP contribution in [0.3, 0.4) is 0 Å². The van der Waals surface area contributed by atoms with Gasteiger partial charge in [0.1, 0.15) is 11.4 Å². The van der Waals surface area contributed by atoms with Gasteiger partial charge in [0.05, 0.1) is 18.5 Å². The molecule has 0 fully saturated rings. The Balaban J connectivity index is 1.53. The van der Waals surface area contributed by atoms with Gasteiger partial charge in [-0.1, -0.05) is 18.2 Å². The van der Waals surface area contributed by atoms with E-state index in [2.05, 4.69) is 15.4 Å². The third-order valence-electron chi connectivity index (χ3n) is 3.89. The number of amides is 1. The van der Waals surface area contributed by atoms with Gasteiger partial charge >= 0.3 is 0 Å². The first-order valence-electron chi connectivity index (χ1n) is 8.36. The number of benzene rings is 1. The second kappa shape index (κ2) is 8.15. The molecular weight excluding hydrogens is 330 g/mol. The van der Waals surface area contributed by atoms with Gasteiger partial charge in [-0.25, -0.2) is 9.67 Å². The minimum atomic E-state index is -0.204. The molecule has 0 aliphatic heterocycles. The highest BCUT2D eigenvalue weighted by molar-refractivity contribution is 5.96. The fourth-order valence-corrected chi connectivity index (χ4v) is 2.64. The molecule has 0 aliphatic carbocycles. The summed E-state index contributed by atoms with van der Waals surface area (Å²) in [7, 11) is 1.49. The molecule has 0 bridgehead atoms. The number of nitrogen functional groups attached to an aromatic ring is 1. The van der Waals surface area contributed by atoms with Crippen LogP contribution in [0.15, 0.2) is 54.7 Å². The fourth-order valence-electron chi connectivity index (χ4n) is 2.64. The Labute approximate surface area is 151 Å². The Bertz CT molecular complexity index is 877. The molecular formula is C19H21N5O2. The zero-order valence-corrected chi connectivity index (χ0v) is 14.6. The van der Waals surface area contributed by atoms with Crippen molar-refractivity contribution in [1.82, 2.24) is 20.1 Å². The molecule has 2 aromatic heterocycles. The average Bonchev–Trinajstić information content (AvgIpc) is 3.06. The van der Waals surface area contributed by atoms with Gasteiger partial charge in [-0.2, -0.15) is 5.10 Å². The van der Waals surface area contributed by atoms with Crippen LogP contribution in [0, 0.1) is 0 Å². The molecule has 7 nitrogen and oxygen atoms in total. The van der Waals surface area contributed by atoms with Crippen LogP contribution in [0.2, 0.25) is 0 Å². The highest BCUT2D eigenvalue weighted by Crippen LogP contribution is 2.15. The van der Waals surface area contributed by atoms with Crippen molar-refractivity contribution in [3.05, 3.63) is 66.0 Å². The molecule has 3 aromatic rings. The maximum Gasteiger partial charge on any atom is 0.256 e. The number of rotatable bonds is 7. The lowest BCUT2D eigenvalue weighted by atomic mass is 10.2. The molecule has 1 amide bonds. The van der Waals surface area contributed by atoms with Gasteiger partial charge in [0.25, 0.3) is 5.91 Å². The predicted octanol–water partition coefficient (Wildman–Crippen LogP) is 2.22.